The number of halogens is 2. The molecule has 8 nitrogen and oxygen atoms in total. The Bertz CT molecular complexity index is 2200. The first-order valence-corrected chi connectivity index (χ1v) is 22.8. The lowest BCUT2D eigenvalue weighted by atomic mass is 9.79. The van der Waals surface area contributed by atoms with Gasteiger partial charge in [0, 0.05) is 24.3 Å². The van der Waals surface area contributed by atoms with Gasteiger partial charge in [0.1, 0.15) is 11.1 Å². The van der Waals surface area contributed by atoms with E-state index in [1.807, 2.05) is 48.5 Å². The zero-order chi connectivity index (χ0) is 44.3. The van der Waals surface area contributed by atoms with Crippen LogP contribution in [0.4, 0.5) is 0 Å². The summed E-state index contributed by atoms with van der Waals surface area (Å²) in [6.45, 7) is 8.29. The van der Waals surface area contributed by atoms with Gasteiger partial charge in [-0.05, 0) is 157 Å². The predicted octanol–water partition coefficient (Wildman–Crippen LogP) is 12.6. The van der Waals surface area contributed by atoms with E-state index in [0.717, 1.165) is 107 Å². The van der Waals surface area contributed by atoms with Gasteiger partial charge < -0.3 is 29.2 Å². The first kappa shape index (κ1) is 45.4. The van der Waals surface area contributed by atoms with Gasteiger partial charge in [0.05, 0.1) is 12.2 Å². The Morgan fingerprint density at radius 3 is 1.18 bits per heavy atom. The first-order chi connectivity index (χ1) is 29.9. The Labute approximate surface area is 375 Å². The van der Waals surface area contributed by atoms with Crippen molar-refractivity contribution < 1.29 is 38.7 Å². The van der Waals surface area contributed by atoms with Crippen LogP contribution in [0.2, 0.25) is 10.0 Å². The Morgan fingerprint density at radius 1 is 0.548 bits per heavy atom. The van der Waals surface area contributed by atoms with Crippen molar-refractivity contribution in [3.8, 4) is 22.3 Å². The molecule has 4 aliphatic rings. The summed E-state index contributed by atoms with van der Waals surface area (Å²) >= 11 is 12.2. The van der Waals surface area contributed by atoms with Crippen LogP contribution >= 0.6 is 23.2 Å². The molecule has 2 aliphatic carbocycles. The minimum Gasteiger partial charge on any atom is -0.507 e. The molecular weight excluding hydrogens is 823 g/mol. The summed E-state index contributed by atoms with van der Waals surface area (Å²) in [7, 11) is 3.40. The zero-order valence-corrected chi connectivity index (χ0v) is 38.2. The second-order valence-electron chi connectivity index (χ2n) is 16.8. The maximum absolute atomic E-state index is 13.1. The van der Waals surface area contributed by atoms with Gasteiger partial charge in [0.25, 0.3) is 0 Å². The van der Waals surface area contributed by atoms with Crippen molar-refractivity contribution in [2.24, 2.45) is 0 Å². The van der Waals surface area contributed by atoms with Crippen LogP contribution in [-0.2, 0) is 54.2 Å². The van der Waals surface area contributed by atoms with E-state index in [0.29, 0.717) is 46.9 Å². The molecule has 0 saturated heterocycles. The van der Waals surface area contributed by atoms with Crippen LogP contribution in [0, 0.1) is 0 Å². The van der Waals surface area contributed by atoms with Gasteiger partial charge in [0.2, 0.25) is 0 Å². The van der Waals surface area contributed by atoms with Crippen molar-refractivity contribution in [3.05, 3.63) is 128 Å². The van der Waals surface area contributed by atoms with Crippen LogP contribution in [0.15, 0.2) is 84.3 Å². The van der Waals surface area contributed by atoms with Gasteiger partial charge in [-0.15, -0.1) is 0 Å². The molecule has 0 aromatic heterocycles. The Morgan fingerprint density at radius 2 is 0.887 bits per heavy atom. The fourth-order valence-electron chi connectivity index (χ4n) is 10.0. The molecule has 2 aliphatic heterocycles. The molecule has 2 heterocycles. The number of benzene rings is 4. The summed E-state index contributed by atoms with van der Waals surface area (Å²) in [5, 5.41) is 24.1. The average molecular weight is 882 g/mol. The predicted molar refractivity (Wildman–Crippen MR) is 247 cm³/mol. The average Bonchev–Trinajstić information content (AvgIpc) is 3.67. The summed E-state index contributed by atoms with van der Waals surface area (Å²) in [6, 6.07) is 23.7. The maximum atomic E-state index is 13.1. The second kappa shape index (κ2) is 19.0. The second-order valence-corrected chi connectivity index (χ2v) is 17.6. The van der Waals surface area contributed by atoms with Crippen molar-refractivity contribution >= 4 is 46.3 Å². The third kappa shape index (κ3) is 8.44. The minimum atomic E-state index is -0.923. The Balaban J connectivity index is 0.000000186. The van der Waals surface area contributed by atoms with Crippen LogP contribution in [0.3, 0.4) is 0 Å². The molecule has 328 valence electrons. The molecule has 0 bridgehead atoms. The quantitative estimate of drug-likeness (QED) is 0.152. The number of rotatable bonds is 10. The van der Waals surface area contributed by atoms with Crippen molar-refractivity contribution in [2.45, 2.75) is 128 Å². The van der Waals surface area contributed by atoms with E-state index in [4.69, 9.17) is 42.1 Å². The lowest BCUT2D eigenvalue weighted by molar-refractivity contribution is -0.152. The molecule has 0 unspecified atom stereocenters. The number of esters is 2. The smallest absolute Gasteiger partial charge is 0.343 e. The Kier molecular flexibility index (Phi) is 13.9. The summed E-state index contributed by atoms with van der Waals surface area (Å²) in [6.07, 6.45) is 8.59. The van der Waals surface area contributed by atoms with Crippen molar-refractivity contribution in [1.29, 1.82) is 0 Å². The van der Waals surface area contributed by atoms with Gasteiger partial charge in [-0.25, -0.2) is 9.59 Å². The highest BCUT2D eigenvalue weighted by atomic mass is 35.5. The molecule has 10 heteroatoms. The van der Waals surface area contributed by atoms with Crippen molar-refractivity contribution in [2.75, 3.05) is 14.2 Å². The lowest BCUT2D eigenvalue weighted by Gasteiger charge is -2.35. The third-order valence-corrected chi connectivity index (χ3v) is 14.1. The number of hydrogen-bond acceptors (Lipinski definition) is 8. The molecule has 4 aromatic carbocycles. The largest absolute Gasteiger partial charge is 0.507 e. The summed E-state index contributed by atoms with van der Waals surface area (Å²) in [5.74, 6) is -0.675. The molecule has 0 radical (unpaired) electrons. The fraction of sp³-hybridized carbons (Fsp3) is 0.423. The molecule has 62 heavy (non-hydrogen) atoms. The summed E-state index contributed by atoms with van der Waals surface area (Å²) < 4.78 is 22.7. The summed E-state index contributed by atoms with van der Waals surface area (Å²) in [4.78, 5) is 26.3. The molecule has 2 spiro atoms. The highest BCUT2D eigenvalue weighted by molar-refractivity contribution is 6.31. The topological polar surface area (TPSA) is 112 Å². The van der Waals surface area contributed by atoms with E-state index in [-0.39, 0.29) is 23.7 Å². The van der Waals surface area contributed by atoms with Crippen LogP contribution in [0.1, 0.15) is 112 Å². The molecule has 2 fully saturated rings. The molecule has 2 N–H and O–H groups in total. The number of ether oxygens (including phenoxy) is 4. The molecular formula is C52H58Cl2O8. The minimum absolute atomic E-state index is 0.0877. The number of aliphatic hydroxyl groups is 2. The number of methoxy groups -OCH3 is 2. The number of aryl methyl sites for hydroxylation is 2. The normalized spacial score (nSPS) is 23.5. The van der Waals surface area contributed by atoms with Crippen LogP contribution in [-0.4, -0.2) is 59.8 Å². The number of hydrogen-bond donors (Lipinski definition) is 2. The number of carbonyl (C=O) groups is 2. The van der Waals surface area contributed by atoms with Gasteiger partial charge in [0.15, 0.2) is 22.7 Å². The van der Waals surface area contributed by atoms with Crippen LogP contribution in [0.25, 0.3) is 33.4 Å². The Hall–Kier alpha value is -4.60. The van der Waals surface area contributed by atoms with E-state index in [1.165, 1.54) is 0 Å². The van der Waals surface area contributed by atoms with Crippen LogP contribution < -0.4 is 0 Å². The zero-order valence-electron chi connectivity index (χ0n) is 36.7. The maximum Gasteiger partial charge on any atom is 0.343 e. The van der Waals surface area contributed by atoms with Crippen molar-refractivity contribution in [3.63, 3.8) is 0 Å². The first-order valence-electron chi connectivity index (χ1n) is 22.1. The standard InChI is InChI=1S/2C26H29ClO4/c2*1-4-16-8-11-21(17-6-9-18(27)10-7-17)20(5-2)22(16)23-24(28)26(31-25(23)29)14-12-19(30-3)13-15-26/h2*6-11,19,28H,4-5,12-15H2,1-3H3. The highest BCUT2D eigenvalue weighted by Crippen LogP contribution is 2.50. The van der Waals surface area contributed by atoms with Crippen LogP contribution in [0.5, 0.6) is 0 Å². The van der Waals surface area contributed by atoms with E-state index < -0.39 is 23.1 Å². The summed E-state index contributed by atoms with van der Waals surface area (Å²) in [5.41, 5.74) is 8.79. The van der Waals surface area contributed by atoms with E-state index in [9.17, 15) is 19.8 Å². The molecule has 4 aromatic rings. The van der Waals surface area contributed by atoms with Gasteiger partial charge >= 0.3 is 11.9 Å². The monoisotopic (exact) mass is 880 g/mol. The van der Waals surface area contributed by atoms with Gasteiger partial charge in [-0.2, -0.15) is 0 Å². The fourth-order valence-corrected chi connectivity index (χ4v) is 10.3. The molecule has 0 atom stereocenters. The molecule has 8 rings (SSSR count). The van der Waals surface area contributed by atoms with E-state index >= 15 is 0 Å². The molecule has 2 saturated carbocycles. The number of carbonyl (C=O) groups excluding carboxylic acids is 2. The number of aliphatic hydroxyl groups excluding tert-OH is 2. The van der Waals surface area contributed by atoms with Crippen molar-refractivity contribution in [1.82, 2.24) is 0 Å². The van der Waals surface area contributed by atoms with Gasteiger partial charge in [-0.3, -0.25) is 0 Å². The third-order valence-electron chi connectivity index (χ3n) is 13.5. The van der Waals surface area contributed by atoms with E-state index in [2.05, 4.69) is 52.0 Å². The van der Waals surface area contributed by atoms with E-state index in [1.54, 1.807) is 14.2 Å². The van der Waals surface area contributed by atoms with Gasteiger partial charge in [-0.1, -0.05) is 99.4 Å². The molecule has 0 amide bonds. The highest BCUT2D eigenvalue weighted by Gasteiger charge is 2.52. The lowest BCUT2D eigenvalue weighted by Crippen LogP contribution is -2.38. The SMILES string of the molecule is CCc1ccc(-c2ccc(Cl)cc2)c(CC)c1C1=C(O)C2(CCC(OC)CC2)OC1=O.CCc1ccc(-c2ccc(Cl)cc2)c(CC)c1C1=C(O)C2(CCC(OC)CC2)OC1=O.